The molecule has 150 valence electrons. The van der Waals surface area contributed by atoms with Gasteiger partial charge in [0.25, 0.3) is 5.91 Å². The van der Waals surface area contributed by atoms with Crippen molar-refractivity contribution in [2.75, 3.05) is 0 Å². The Morgan fingerprint density at radius 1 is 1.07 bits per heavy atom. The van der Waals surface area contributed by atoms with Crippen molar-refractivity contribution < 1.29 is 14.1 Å². The molecular weight excluding hydrogens is 390 g/mol. The molecule has 29 heavy (non-hydrogen) atoms. The zero-order valence-corrected chi connectivity index (χ0v) is 17.0. The number of carbonyl (C=O) groups is 2. The van der Waals surface area contributed by atoms with Gasteiger partial charge in [0, 0.05) is 29.1 Å². The number of amides is 2. The van der Waals surface area contributed by atoms with Crippen LogP contribution in [0.15, 0.2) is 59.1 Å². The average molecular weight is 412 g/mol. The summed E-state index contributed by atoms with van der Waals surface area (Å²) in [5.41, 5.74) is 2.95. The lowest BCUT2D eigenvalue weighted by molar-refractivity contribution is -0.123. The predicted octanol–water partition coefficient (Wildman–Crippen LogP) is 3.60. The second kappa shape index (κ2) is 9.39. The lowest BCUT2D eigenvalue weighted by Gasteiger charge is -2.19. The molecule has 3 aromatic rings. The second-order valence-corrected chi connectivity index (χ2v) is 7.18. The number of benzene rings is 2. The Labute approximate surface area is 174 Å². The van der Waals surface area contributed by atoms with Gasteiger partial charge in [-0.05, 0) is 43.7 Å². The summed E-state index contributed by atoms with van der Waals surface area (Å²) in [6, 6.07) is 15.3. The van der Waals surface area contributed by atoms with E-state index in [1.165, 1.54) is 0 Å². The van der Waals surface area contributed by atoms with E-state index in [1.54, 1.807) is 31.2 Å². The van der Waals surface area contributed by atoms with Crippen molar-refractivity contribution in [3.63, 3.8) is 0 Å². The maximum absolute atomic E-state index is 12.9. The van der Waals surface area contributed by atoms with Crippen molar-refractivity contribution in [3.05, 3.63) is 87.8 Å². The van der Waals surface area contributed by atoms with Crippen molar-refractivity contribution in [1.29, 1.82) is 0 Å². The molecule has 3 rings (SSSR count). The monoisotopic (exact) mass is 411 g/mol. The molecule has 0 saturated carbocycles. The van der Waals surface area contributed by atoms with Crippen molar-refractivity contribution in [2.45, 2.75) is 32.9 Å². The van der Waals surface area contributed by atoms with Gasteiger partial charge >= 0.3 is 0 Å². The van der Waals surface area contributed by atoms with Crippen LogP contribution >= 0.6 is 11.6 Å². The van der Waals surface area contributed by atoms with Gasteiger partial charge in [-0.15, -0.1) is 0 Å². The van der Waals surface area contributed by atoms with Crippen LogP contribution in [0.1, 0.15) is 32.9 Å². The number of hydrogen-bond acceptors (Lipinski definition) is 4. The minimum absolute atomic E-state index is 0.280. The third-order valence-electron chi connectivity index (χ3n) is 4.63. The molecule has 2 N–H and O–H groups in total. The smallest absolute Gasteiger partial charge is 0.251 e. The molecule has 2 aromatic carbocycles. The number of nitrogens with zero attached hydrogens (tertiary/aromatic N) is 1. The van der Waals surface area contributed by atoms with Gasteiger partial charge in [0.2, 0.25) is 5.91 Å². The molecule has 0 radical (unpaired) electrons. The summed E-state index contributed by atoms with van der Waals surface area (Å²) in [5, 5.41) is 10.1. The van der Waals surface area contributed by atoms with E-state index in [1.807, 2.05) is 37.3 Å². The number of rotatable bonds is 7. The lowest BCUT2D eigenvalue weighted by Crippen LogP contribution is -2.47. The van der Waals surface area contributed by atoms with Crippen LogP contribution in [0.3, 0.4) is 0 Å². The number of aryl methyl sites for hydroxylation is 2. The zero-order chi connectivity index (χ0) is 20.8. The first-order chi connectivity index (χ1) is 13.9. The summed E-state index contributed by atoms with van der Waals surface area (Å²) < 4.78 is 5.13. The van der Waals surface area contributed by atoms with Crippen LogP contribution in [0.5, 0.6) is 0 Å². The van der Waals surface area contributed by atoms with Crippen LogP contribution in [0.2, 0.25) is 5.02 Å². The molecule has 1 atom stereocenters. The van der Waals surface area contributed by atoms with Crippen LogP contribution in [0.4, 0.5) is 0 Å². The quantitative estimate of drug-likeness (QED) is 0.622. The van der Waals surface area contributed by atoms with Crippen LogP contribution in [0, 0.1) is 13.8 Å². The van der Waals surface area contributed by atoms with Gasteiger partial charge in [-0.1, -0.05) is 47.1 Å². The molecule has 0 aliphatic rings. The molecule has 0 saturated heterocycles. The third-order valence-corrected chi connectivity index (χ3v) is 4.88. The molecular formula is C22H22ClN3O3. The summed E-state index contributed by atoms with van der Waals surface area (Å²) in [7, 11) is 0. The first kappa shape index (κ1) is 20.6. The number of nitrogens with one attached hydrogen (secondary N) is 2. The van der Waals surface area contributed by atoms with E-state index in [4.69, 9.17) is 16.1 Å². The van der Waals surface area contributed by atoms with Crippen molar-refractivity contribution in [3.8, 4) is 0 Å². The highest BCUT2D eigenvalue weighted by Gasteiger charge is 2.22. The highest BCUT2D eigenvalue weighted by molar-refractivity contribution is 6.30. The van der Waals surface area contributed by atoms with E-state index in [-0.39, 0.29) is 18.4 Å². The largest absolute Gasteiger partial charge is 0.361 e. The highest BCUT2D eigenvalue weighted by Crippen LogP contribution is 2.13. The number of carbonyl (C=O) groups excluding carboxylic acids is 2. The Morgan fingerprint density at radius 3 is 2.38 bits per heavy atom. The Balaban J connectivity index is 1.73. The lowest BCUT2D eigenvalue weighted by atomic mass is 10.0. The van der Waals surface area contributed by atoms with Crippen molar-refractivity contribution in [1.82, 2.24) is 15.8 Å². The fourth-order valence-electron chi connectivity index (χ4n) is 2.95. The molecule has 2 amide bonds. The summed E-state index contributed by atoms with van der Waals surface area (Å²) in [5.74, 6) is 0.0406. The van der Waals surface area contributed by atoms with Crippen LogP contribution in [-0.2, 0) is 17.8 Å². The van der Waals surface area contributed by atoms with Crippen LogP contribution in [0.25, 0.3) is 0 Å². The molecule has 1 aromatic heterocycles. The average Bonchev–Trinajstić information content (AvgIpc) is 3.04. The molecule has 1 unspecified atom stereocenters. The van der Waals surface area contributed by atoms with E-state index in [9.17, 15) is 9.59 Å². The number of halogens is 1. The topological polar surface area (TPSA) is 84.2 Å². The van der Waals surface area contributed by atoms with Crippen LogP contribution in [-0.4, -0.2) is 23.0 Å². The van der Waals surface area contributed by atoms with Gasteiger partial charge in [0.05, 0.1) is 5.69 Å². The van der Waals surface area contributed by atoms with E-state index < -0.39 is 6.04 Å². The highest BCUT2D eigenvalue weighted by atomic mass is 35.5. The van der Waals surface area contributed by atoms with Crippen molar-refractivity contribution >= 4 is 23.4 Å². The van der Waals surface area contributed by atoms with E-state index in [2.05, 4.69) is 15.8 Å². The molecule has 7 heteroatoms. The van der Waals surface area contributed by atoms with Gasteiger partial charge in [0.1, 0.15) is 11.8 Å². The van der Waals surface area contributed by atoms with E-state index >= 15 is 0 Å². The maximum Gasteiger partial charge on any atom is 0.251 e. The standard InChI is InChI=1S/C22H22ClN3O3/c1-14-19(15(2)29-26-14)13-24-22(28)20(12-16-6-4-3-5-7-16)25-21(27)17-8-10-18(23)11-9-17/h3-11,20H,12-13H2,1-2H3,(H,24,28)(H,25,27). The zero-order valence-electron chi connectivity index (χ0n) is 16.2. The summed E-state index contributed by atoms with van der Waals surface area (Å²) in [6.45, 7) is 3.90. The summed E-state index contributed by atoms with van der Waals surface area (Å²) >= 11 is 5.89. The van der Waals surface area contributed by atoms with Gasteiger partial charge < -0.3 is 15.2 Å². The number of hydrogen-bond donors (Lipinski definition) is 2. The summed E-state index contributed by atoms with van der Waals surface area (Å²) in [6.07, 6.45) is 0.369. The van der Waals surface area contributed by atoms with Gasteiger partial charge in [-0.25, -0.2) is 0 Å². The Hall–Kier alpha value is -3.12. The fourth-order valence-corrected chi connectivity index (χ4v) is 3.08. The molecule has 0 bridgehead atoms. The Bertz CT molecular complexity index is 965. The predicted molar refractivity (Wildman–Crippen MR) is 111 cm³/mol. The Morgan fingerprint density at radius 2 is 1.76 bits per heavy atom. The first-order valence-corrected chi connectivity index (χ1v) is 9.61. The van der Waals surface area contributed by atoms with E-state index in [0.29, 0.717) is 22.8 Å². The third kappa shape index (κ3) is 5.45. The Kier molecular flexibility index (Phi) is 6.67. The molecule has 0 aliphatic heterocycles. The molecule has 0 fully saturated rings. The summed E-state index contributed by atoms with van der Waals surface area (Å²) in [4.78, 5) is 25.5. The minimum atomic E-state index is -0.735. The SMILES string of the molecule is Cc1noc(C)c1CNC(=O)C(Cc1ccccc1)NC(=O)c1ccc(Cl)cc1. The minimum Gasteiger partial charge on any atom is -0.361 e. The number of aromatic nitrogens is 1. The second-order valence-electron chi connectivity index (χ2n) is 6.74. The molecule has 0 spiro atoms. The first-order valence-electron chi connectivity index (χ1n) is 9.24. The van der Waals surface area contributed by atoms with E-state index in [0.717, 1.165) is 16.8 Å². The van der Waals surface area contributed by atoms with Gasteiger partial charge in [-0.3, -0.25) is 9.59 Å². The van der Waals surface area contributed by atoms with Crippen molar-refractivity contribution in [2.24, 2.45) is 0 Å². The normalized spacial score (nSPS) is 11.7. The fraction of sp³-hybridized carbons (Fsp3) is 0.227. The van der Waals surface area contributed by atoms with Gasteiger partial charge in [0.15, 0.2) is 0 Å². The maximum atomic E-state index is 12.9. The molecule has 0 aliphatic carbocycles. The molecule has 1 heterocycles. The van der Waals surface area contributed by atoms with Crippen LogP contribution < -0.4 is 10.6 Å². The van der Waals surface area contributed by atoms with Gasteiger partial charge in [-0.2, -0.15) is 0 Å². The molecule has 6 nitrogen and oxygen atoms in total.